The number of ether oxygens (including phenoxy) is 1. The second-order valence-corrected chi connectivity index (χ2v) is 5.37. The zero-order valence-corrected chi connectivity index (χ0v) is 12.3. The van der Waals surface area contributed by atoms with Gasteiger partial charge in [0.05, 0.1) is 12.8 Å². The van der Waals surface area contributed by atoms with Crippen molar-refractivity contribution in [2.45, 2.75) is 25.7 Å². The SMILES string of the molecule is CCc1csc(C(Cc2cccc(OC)c2)C(=O)O)n1. The van der Waals surface area contributed by atoms with Gasteiger partial charge >= 0.3 is 5.97 Å². The van der Waals surface area contributed by atoms with Crippen molar-refractivity contribution in [3.63, 3.8) is 0 Å². The summed E-state index contributed by atoms with van der Waals surface area (Å²) in [5, 5.41) is 12.0. The molecule has 0 bridgehead atoms. The van der Waals surface area contributed by atoms with Crippen LogP contribution < -0.4 is 4.74 Å². The van der Waals surface area contributed by atoms with E-state index in [0.717, 1.165) is 23.4 Å². The molecule has 106 valence electrons. The maximum atomic E-state index is 11.5. The van der Waals surface area contributed by atoms with Gasteiger partial charge in [0.15, 0.2) is 0 Å². The average molecular weight is 291 g/mol. The minimum atomic E-state index is -0.843. The van der Waals surface area contributed by atoms with Crippen molar-refractivity contribution >= 4 is 17.3 Å². The van der Waals surface area contributed by atoms with Gasteiger partial charge in [0.2, 0.25) is 0 Å². The summed E-state index contributed by atoms with van der Waals surface area (Å²) in [6, 6.07) is 7.49. The lowest BCUT2D eigenvalue weighted by atomic mass is 10.00. The van der Waals surface area contributed by atoms with Gasteiger partial charge in [-0.2, -0.15) is 0 Å². The van der Waals surface area contributed by atoms with E-state index in [9.17, 15) is 9.90 Å². The molecule has 0 aliphatic carbocycles. The van der Waals surface area contributed by atoms with Crippen molar-refractivity contribution in [3.05, 3.63) is 45.9 Å². The zero-order valence-electron chi connectivity index (χ0n) is 11.5. The molecule has 4 nitrogen and oxygen atoms in total. The molecule has 20 heavy (non-hydrogen) atoms. The third-order valence-corrected chi connectivity index (χ3v) is 4.11. The van der Waals surface area contributed by atoms with E-state index >= 15 is 0 Å². The first-order valence-corrected chi connectivity index (χ1v) is 7.32. The number of hydrogen-bond acceptors (Lipinski definition) is 4. The highest BCUT2D eigenvalue weighted by Gasteiger charge is 2.23. The van der Waals surface area contributed by atoms with E-state index in [0.29, 0.717) is 11.4 Å². The van der Waals surface area contributed by atoms with Crippen molar-refractivity contribution in [3.8, 4) is 5.75 Å². The monoisotopic (exact) mass is 291 g/mol. The Labute approximate surface area is 122 Å². The predicted molar refractivity (Wildman–Crippen MR) is 78.6 cm³/mol. The quantitative estimate of drug-likeness (QED) is 0.888. The van der Waals surface area contributed by atoms with Crippen LogP contribution in [0.4, 0.5) is 0 Å². The highest BCUT2D eigenvalue weighted by Crippen LogP contribution is 2.26. The molecule has 0 aliphatic heterocycles. The number of aliphatic carboxylic acids is 1. The molecule has 1 aromatic carbocycles. The van der Waals surface area contributed by atoms with Crippen molar-refractivity contribution < 1.29 is 14.6 Å². The second kappa shape index (κ2) is 6.52. The van der Waals surface area contributed by atoms with Crippen LogP contribution in [0.3, 0.4) is 0 Å². The molecule has 1 aromatic heterocycles. The van der Waals surface area contributed by atoms with E-state index < -0.39 is 11.9 Å². The summed E-state index contributed by atoms with van der Waals surface area (Å²) in [5.74, 6) is -0.711. The predicted octanol–water partition coefficient (Wildman–Crippen LogP) is 3.13. The highest BCUT2D eigenvalue weighted by atomic mass is 32.1. The Kier molecular flexibility index (Phi) is 4.74. The van der Waals surface area contributed by atoms with Crippen LogP contribution in [-0.4, -0.2) is 23.2 Å². The van der Waals surface area contributed by atoms with Crippen LogP contribution in [-0.2, 0) is 17.6 Å². The minimum Gasteiger partial charge on any atom is -0.497 e. The number of aryl methyl sites for hydroxylation is 1. The Bertz CT molecular complexity index is 594. The lowest BCUT2D eigenvalue weighted by molar-refractivity contribution is -0.138. The third kappa shape index (κ3) is 3.36. The number of nitrogens with zero attached hydrogens (tertiary/aromatic N) is 1. The number of benzene rings is 1. The number of aromatic nitrogens is 1. The summed E-state index contributed by atoms with van der Waals surface area (Å²) in [4.78, 5) is 15.9. The van der Waals surface area contributed by atoms with E-state index in [1.54, 1.807) is 7.11 Å². The molecule has 2 aromatic rings. The maximum Gasteiger partial charge on any atom is 0.313 e. The molecule has 0 radical (unpaired) electrons. The van der Waals surface area contributed by atoms with Gasteiger partial charge in [-0.05, 0) is 30.5 Å². The Morgan fingerprint density at radius 1 is 1.50 bits per heavy atom. The average Bonchev–Trinajstić information content (AvgIpc) is 2.93. The Balaban J connectivity index is 2.23. The van der Waals surface area contributed by atoms with Gasteiger partial charge in [0, 0.05) is 5.38 Å². The van der Waals surface area contributed by atoms with Crippen molar-refractivity contribution in [1.82, 2.24) is 4.98 Å². The van der Waals surface area contributed by atoms with Gasteiger partial charge in [-0.1, -0.05) is 19.1 Å². The molecule has 1 N–H and O–H groups in total. The molecule has 0 fully saturated rings. The lowest BCUT2D eigenvalue weighted by Gasteiger charge is -2.10. The molecule has 5 heteroatoms. The van der Waals surface area contributed by atoms with Gasteiger partial charge in [-0.3, -0.25) is 4.79 Å². The molecule has 1 heterocycles. The van der Waals surface area contributed by atoms with E-state index in [1.807, 2.05) is 36.6 Å². The van der Waals surface area contributed by atoms with Crippen LogP contribution in [0.1, 0.15) is 29.1 Å². The number of carboxylic acid groups (broad SMARTS) is 1. The van der Waals surface area contributed by atoms with Crippen LogP contribution in [0.15, 0.2) is 29.6 Å². The second-order valence-electron chi connectivity index (χ2n) is 4.48. The molecular weight excluding hydrogens is 274 g/mol. The van der Waals surface area contributed by atoms with Crippen molar-refractivity contribution in [2.75, 3.05) is 7.11 Å². The fourth-order valence-corrected chi connectivity index (χ4v) is 2.95. The van der Waals surface area contributed by atoms with Crippen LogP contribution in [0, 0.1) is 0 Å². The number of thiazole rings is 1. The Hall–Kier alpha value is -1.88. The molecule has 0 aliphatic rings. The fraction of sp³-hybridized carbons (Fsp3) is 0.333. The molecular formula is C15H17NO3S. The zero-order chi connectivity index (χ0) is 14.5. The number of carboxylic acids is 1. The first-order valence-electron chi connectivity index (χ1n) is 6.44. The molecule has 0 saturated heterocycles. The molecule has 0 saturated carbocycles. The van der Waals surface area contributed by atoms with Crippen molar-refractivity contribution in [2.24, 2.45) is 0 Å². The van der Waals surface area contributed by atoms with Gasteiger partial charge in [-0.25, -0.2) is 4.98 Å². The summed E-state index contributed by atoms with van der Waals surface area (Å²) >= 11 is 1.42. The third-order valence-electron chi connectivity index (χ3n) is 3.10. The number of carbonyl (C=O) groups is 1. The van der Waals surface area contributed by atoms with Crippen LogP contribution in [0.2, 0.25) is 0 Å². The summed E-state index contributed by atoms with van der Waals surface area (Å²) in [6.45, 7) is 2.01. The smallest absolute Gasteiger partial charge is 0.313 e. The molecule has 1 atom stereocenters. The van der Waals surface area contributed by atoms with Gasteiger partial charge in [0.25, 0.3) is 0 Å². The van der Waals surface area contributed by atoms with Gasteiger partial charge in [-0.15, -0.1) is 11.3 Å². The summed E-state index contributed by atoms with van der Waals surface area (Å²) in [7, 11) is 1.60. The molecule has 0 spiro atoms. The van der Waals surface area contributed by atoms with Gasteiger partial charge in [0.1, 0.15) is 16.7 Å². The first-order chi connectivity index (χ1) is 9.63. The number of rotatable bonds is 6. The molecule has 1 unspecified atom stereocenters. The van der Waals surface area contributed by atoms with E-state index in [4.69, 9.17) is 4.74 Å². The first kappa shape index (κ1) is 14.5. The fourth-order valence-electron chi connectivity index (χ4n) is 1.96. The van der Waals surface area contributed by atoms with E-state index in [1.165, 1.54) is 11.3 Å². The number of methoxy groups -OCH3 is 1. The Morgan fingerprint density at radius 2 is 2.30 bits per heavy atom. The van der Waals surface area contributed by atoms with E-state index in [2.05, 4.69) is 4.98 Å². The highest BCUT2D eigenvalue weighted by molar-refractivity contribution is 7.09. The number of hydrogen-bond donors (Lipinski definition) is 1. The summed E-state index contributed by atoms with van der Waals surface area (Å²) in [5.41, 5.74) is 1.88. The largest absolute Gasteiger partial charge is 0.497 e. The molecule has 0 amide bonds. The normalized spacial score (nSPS) is 12.1. The van der Waals surface area contributed by atoms with Crippen LogP contribution >= 0.6 is 11.3 Å². The maximum absolute atomic E-state index is 11.5. The summed E-state index contributed by atoms with van der Waals surface area (Å²) < 4.78 is 5.16. The molecule has 2 rings (SSSR count). The summed E-state index contributed by atoms with van der Waals surface area (Å²) in [6.07, 6.45) is 1.24. The van der Waals surface area contributed by atoms with E-state index in [-0.39, 0.29) is 0 Å². The Morgan fingerprint density at radius 3 is 2.90 bits per heavy atom. The van der Waals surface area contributed by atoms with Gasteiger partial charge < -0.3 is 9.84 Å². The van der Waals surface area contributed by atoms with Crippen LogP contribution in [0.5, 0.6) is 5.75 Å². The standard InChI is InChI=1S/C15H17NO3S/c1-3-11-9-20-14(16-11)13(15(17)18)8-10-5-4-6-12(7-10)19-2/h4-7,9,13H,3,8H2,1-2H3,(H,17,18). The lowest BCUT2D eigenvalue weighted by Crippen LogP contribution is -2.14. The van der Waals surface area contributed by atoms with Crippen LogP contribution in [0.25, 0.3) is 0 Å². The minimum absolute atomic E-state index is 0.420. The van der Waals surface area contributed by atoms with Crippen molar-refractivity contribution in [1.29, 1.82) is 0 Å². The topological polar surface area (TPSA) is 59.4 Å².